The maximum Gasteiger partial charge on any atom is 0.338 e. The average Bonchev–Trinajstić information content (AvgIpc) is 0.763. The second kappa shape index (κ2) is 40.5. The van der Waals surface area contributed by atoms with E-state index in [1.807, 2.05) is 67.6 Å². The third kappa shape index (κ3) is 19.0. The number of aliphatic hydroxyl groups is 3. The highest BCUT2D eigenvalue weighted by Crippen LogP contribution is 2.43. The van der Waals surface area contributed by atoms with E-state index in [4.69, 9.17) is 98.0 Å². The number of esters is 6. The first kappa shape index (κ1) is 93.0. The Morgan fingerprint density at radius 3 is 1.07 bits per heavy atom. The lowest BCUT2D eigenvalue weighted by Gasteiger charge is -2.13. The van der Waals surface area contributed by atoms with Crippen LogP contribution in [-0.2, 0) is 48.2 Å². The number of hydrogen-bond acceptors (Lipinski definition) is 22. The fourth-order valence-electron chi connectivity index (χ4n) is 14.8. The summed E-state index contributed by atoms with van der Waals surface area (Å²) in [5.74, 6) is -2.62. The minimum Gasteiger partial charge on any atom is -0.619 e. The Kier molecular flexibility index (Phi) is 29.4. The first-order valence-corrected chi connectivity index (χ1v) is 42.2. The number of hydrogen-bond donors (Lipinski definition) is 4. The Labute approximate surface area is 773 Å². The Balaban J connectivity index is 0.000000131. The van der Waals surface area contributed by atoms with E-state index in [1.165, 1.54) is 61.2 Å². The molecule has 4 N–H and O–H groups in total. The number of aromatic nitrogens is 6. The summed E-state index contributed by atoms with van der Waals surface area (Å²) in [6, 6.07) is 41.9. The summed E-state index contributed by atoms with van der Waals surface area (Å²) in [5, 5.41) is 60.7. The first-order chi connectivity index (χ1) is 61.5. The Bertz CT molecular complexity index is 7680. The molecule has 6 heterocycles. The fourth-order valence-corrected chi connectivity index (χ4v) is 17.2. The van der Waals surface area contributed by atoms with Crippen molar-refractivity contribution < 1.29 is 82.0 Å². The second-order valence-electron chi connectivity index (χ2n) is 28.3. The van der Waals surface area contributed by atoms with Crippen LogP contribution in [0.4, 0.5) is 0 Å². The Hall–Kier alpha value is -12.7. The van der Waals surface area contributed by atoms with Crippen molar-refractivity contribution in [3.8, 4) is 0 Å². The molecule has 12 aromatic carbocycles. The van der Waals surface area contributed by atoms with Gasteiger partial charge in [-0.15, -0.1) is 0 Å². The summed E-state index contributed by atoms with van der Waals surface area (Å²) in [6.45, 7) is 1.21. The number of ether oxygens (including phenoxy) is 6. The molecule has 128 heavy (non-hydrogen) atoms. The molecule has 0 aliphatic carbocycles. The van der Waals surface area contributed by atoms with Crippen molar-refractivity contribution >= 4 is 273 Å². The van der Waals surface area contributed by atoms with Gasteiger partial charge >= 0.3 is 35.8 Å². The predicted octanol–water partition coefficient (Wildman–Crippen LogP) is 21.9. The highest BCUT2D eigenvalue weighted by atomic mass is 79.9. The summed E-state index contributed by atoms with van der Waals surface area (Å²) < 4.78 is 29.7. The number of nitrogens with zero attached hydrogens (tertiary/aromatic N) is 5. The lowest BCUT2D eigenvalue weighted by Crippen LogP contribution is -2.23. The standard InChI is InChI=1S/C16H10Br2ClNO2.2C16H12ClNO4.C16H12ClNO3.C16H10ClNO3.C16H12ClNO2/c1-22-16(21)11-4-8-2-3-20-7-13(8)10-6-14(19)12(15(17)18)5-9(10)11;1-22-16(20)13-4-9-2-3-18(21)7-14(9)12-6-15(17)10(8-19)5-11(12)13;1-22-16(21)12-4-8-2-3-18-15(20)14(8)11-6-13(17)9(7-19)5-10(11)12;2*1-21-16(20)13-4-9-2-3-18-7-14(9)12-6-15(17)10(8-19)5-11(12)13;1-9-5-11-12(7-15(9)17)14-8-18-4-3-10(14)6-13(11)16(19)20-2/h2-7,15H,1H3;2-7,19H,8H2,1H3;2-6,19H,7H2,1H3,(H,18,20);2-7,19H,8H2,1H3;2-8H,1H3;3-8H,1-2H3. The molecule has 0 fully saturated rings. The number of carbonyl (C=O) groups excluding carboxylic acids is 7. The number of pyridine rings is 6. The number of aromatic amines is 1. The van der Waals surface area contributed by atoms with Crippen molar-refractivity contribution in [2.75, 3.05) is 42.7 Å². The van der Waals surface area contributed by atoms with Gasteiger partial charge in [0.2, 0.25) is 0 Å². The number of alkyl halides is 2. The number of nitrogens with one attached hydrogen (secondary N) is 1. The van der Waals surface area contributed by atoms with Crippen LogP contribution in [0.25, 0.3) is 129 Å². The molecule has 0 aliphatic rings. The number of H-pyrrole nitrogens is 1. The first-order valence-electron chi connectivity index (χ1n) is 38.1. The highest BCUT2D eigenvalue weighted by Gasteiger charge is 2.25. The maximum atomic E-state index is 12.1. The maximum absolute atomic E-state index is 12.1. The van der Waals surface area contributed by atoms with Crippen LogP contribution in [0.1, 0.15) is 104 Å². The van der Waals surface area contributed by atoms with Crippen molar-refractivity contribution in [3.05, 3.63) is 326 Å². The summed E-state index contributed by atoms with van der Waals surface area (Å²) in [4.78, 5) is 115. The number of halogens is 8. The van der Waals surface area contributed by atoms with Crippen molar-refractivity contribution in [2.24, 2.45) is 0 Å². The number of aliphatic hydroxyl groups excluding tert-OH is 3. The Morgan fingerprint density at radius 1 is 0.391 bits per heavy atom. The van der Waals surface area contributed by atoms with E-state index >= 15 is 0 Å². The van der Waals surface area contributed by atoms with Gasteiger partial charge in [0.15, 0.2) is 18.7 Å². The van der Waals surface area contributed by atoms with E-state index in [2.05, 4.69) is 56.8 Å². The van der Waals surface area contributed by atoms with Crippen LogP contribution in [-0.4, -0.2) is 125 Å². The van der Waals surface area contributed by atoms with Gasteiger partial charge in [0, 0.05) is 114 Å². The zero-order chi connectivity index (χ0) is 91.8. The predicted molar refractivity (Wildman–Crippen MR) is 506 cm³/mol. The van der Waals surface area contributed by atoms with Gasteiger partial charge in [0.25, 0.3) is 5.56 Å². The van der Waals surface area contributed by atoms with Crippen LogP contribution in [0.2, 0.25) is 30.1 Å². The summed E-state index contributed by atoms with van der Waals surface area (Å²) in [6.07, 6.45) is 18.7. The topological polar surface area (TPSA) is 347 Å². The summed E-state index contributed by atoms with van der Waals surface area (Å²) in [5.41, 5.74) is 5.95. The lowest BCUT2D eigenvalue weighted by molar-refractivity contribution is -0.603. The van der Waals surface area contributed by atoms with Gasteiger partial charge in [-0.2, -0.15) is 4.73 Å². The fraction of sp³-hybridized carbons (Fsp3) is 0.115. The van der Waals surface area contributed by atoms with Crippen LogP contribution in [0.5, 0.6) is 0 Å². The number of carbonyl (C=O) groups is 7. The van der Waals surface area contributed by atoms with Crippen LogP contribution >= 0.6 is 101 Å². The van der Waals surface area contributed by atoms with Gasteiger partial charge < -0.3 is 53.9 Å². The van der Waals surface area contributed by atoms with Crippen molar-refractivity contribution in [3.63, 3.8) is 0 Å². The van der Waals surface area contributed by atoms with E-state index in [0.29, 0.717) is 145 Å². The molecule has 0 atom stereocenters. The second-order valence-corrected chi connectivity index (χ2v) is 33.8. The molecule has 18 aromatic rings. The van der Waals surface area contributed by atoms with E-state index in [-0.39, 0.29) is 41.1 Å². The van der Waals surface area contributed by atoms with Crippen molar-refractivity contribution in [2.45, 2.75) is 30.5 Å². The third-order valence-electron chi connectivity index (χ3n) is 21.1. The Morgan fingerprint density at radius 2 is 0.703 bits per heavy atom. The zero-order valence-electron chi connectivity index (χ0n) is 68.2. The molecular formula is C96H68Br2Cl6N6O18. The number of rotatable bonds is 11. The van der Waals surface area contributed by atoms with E-state index in [9.17, 15) is 58.9 Å². The number of fused-ring (bicyclic) bond motifs is 18. The minimum atomic E-state index is -0.515. The number of aryl methyl sites for hydroxylation is 1. The SMILES string of the molecule is COC(=O)c1cc2cc[n+]([O-])cc2c2cc(Cl)c(CO)cc12.COC(=O)c1cc2cc[nH]c(=O)c2c2cc(Cl)c(CO)cc12.COC(=O)c1cc2ccncc2c2cc(Cl)c(C(Br)Br)cc12.COC(=O)c1cc2ccncc2c2cc(Cl)c(C)cc12.COC(=O)c1cc2ccncc2c2cc(Cl)c(C=O)cc12.COC(=O)c1cc2ccncc2c2cc(Cl)c(CO)cc12. The summed E-state index contributed by atoms with van der Waals surface area (Å²) in [7, 11) is 8.01. The molecule has 0 aliphatic heterocycles. The molecule has 0 spiro atoms. The van der Waals surface area contributed by atoms with Crippen LogP contribution < -0.4 is 10.3 Å². The smallest absolute Gasteiger partial charge is 0.338 e. The van der Waals surface area contributed by atoms with Crippen molar-refractivity contribution in [1.29, 1.82) is 0 Å². The molecule has 18 rings (SSSR count). The van der Waals surface area contributed by atoms with Gasteiger partial charge in [-0.05, 0) is 271 Å². The third-order valence-corrected chi connectivity index (χ3v) is 24.2. The molecule has 646 valence electrons. The highest BCUT2D eigenvalue weighted by molar-refractivity contribution is 9.24. The van der Waals surface area contributed by atoms with Crippen LogP contribution in [0.15, 0.2) is 219 Å². The zero-order valence-corrected chi connectivity index (χ0v) is 75.9. The molecular weight excluding hydrogens is 1900 g/mol. The van der Waals surface area contributed by atoms with E-state index < -0.39 is 23.9 Å². The largest absolute Gasteiger partial charge is 0.619 e. The van der Waals surface area contributed by atoms with Gasteiger partial charge in [-0.1, -0.05) is 101 Å². The molecule has 0 unspecified atom stereocenters. The number of aldehydes is 1. The minimum absolute atomic E-state index is 0.105. The molecule has 24 nitrogen and oxygen atoms in total. The van der Waals surface area contributed by atoms with Crippen molar-refractivity contribution in [1.82, 2.24) is 24.9 Å². The molecule has 0 bridgehead atoms. The number of methoxy groups -OCH3 is 6. The molecule has 6 aromatic heterocycles. The van der Waals surface area contributed by atoms with Gasteiger partial charge in [0.1, 0.15) is 0 Å². The van der Waals surface area contributed by atoms with E-state index in [0.717, 1.165) is 91.9 Å². The van der Waals surface area contributed by atoms with Crippen LogP contribution in [0.3, 0.4) is 0 Å². The molecule has 0 saturated carbocycles. The monoisotopic (exact) mass is 1960 g/mol. The molecule has 0 amide bonds. The van der Waals surface area contributed by atoms with Gasteiger partial charge in [-0.3, -0.25) is 29.5 Å². The quantitative estimate of drug-likeness (QED) is 0.0178. The van der Waals surface area contributed by atoms with Gasteiger partial charge in [-0.25, -0.2) is 28.8 Å². The van der Waals surface area contributed by atoms with Gasteiger partial charge in [0.05, 0.1) is 115 Å². The normalized spacial score (nSPS) is 11.0. The molecule has 0 radical (unpaired) electrons. The summed E-state index contributed by atoms with van der Waals surface area (Å²) >= 11 is 44.0. The van der Waals surface area contributed by atoms with Crippen LogP contribution in [0, 0.1) is 12.1 Å². The average molecular weight is 1970 g/mol. The van der Waals surface area contributed by atoms with E-state index in [1.54, 1.807) is 135 Å². The molecule has 0 saturated heterocycles. The lowest BCUT2D eigenvalue weighted by atomic mass is 9.96. The molecule has 32 heteroatoms. The number of benzene rings is 12.